The lowest BCUT2D eigenvalue weighted by molar-refractivity contribution is -0.385. The number of nitrogens with zero attached hydrogens (tertiary/aromatic N) is 1. The fraction of sp³-hybridized carbons (Fsp3) is 0.133. The fourth-order valence-electron chi connectivity index (χ4n) is 2.18. The van der Waals surface area contributed by atoms with Crippen LogP contribution in [0.25, 0.3) is 0 Å². The topological polar surface area (TPSA) is 90.7 Å². The van der Waals surface area contributed by atoms with Crippen molar-refractivity contribution >= 4 is 28.9 Å². The number of halogens is 2. The van der Waals surface area contributed by atoms with E-state index in [1.165, 1.54) is 18.2 Å². The molecule has 0 aromatic heterocycles. The molecular formula is C15H10ClFN2O5. The first-order valence-electron chi connectivity index (χ1n) is 6.80. The monoisotopic (exact) mass is 352 g/mol. The van der Waals surface area contributed by atoms with Gasteiger partial charge in [-0.3, -0.25) is 14.9 Å². The van der Waals surface area contributed by atoms with E-state index in [9.17, 15) is 19.3 Å². The molecule has 2 aromatic rings. The van der Waals surface area contributed by atoms with Gasteiger partial charge in [0.1, 0.15) is 24.6 Å². The third-order valence-corrected chi connectivity index (χ3v) is 3.57. The number of rotatable bonds is 3. The van der Waals surface area contributed by atoms with E-state index in [1.54, 1.807) is 0 Å². The van der Waals surface area contributed by atoms with E-state index in [4.69, 9.17) is 21.1 Å². The quantitative estimate of drug-likeness (QED) is 0.675. The van der Waals surface area contributed by atoms with Crippen LogP contribution in [0.15, 0.2) is 30.3 Å². The van der Waals surface area contributed by atoms with E-state index >= 15 is 0 Å². The summed E-state index contributed by atoms with van der Waals surface area (Å²) in [5, 5.41) is 13.5. The molecule has 0 atom stereocenters. The van der Waals surface area contributed by atoms with Gasteiger partial charge >= 0.3 is 0 Å². The van der Waals surface area contributed by atoms with Gasteiger partial charge in [-0.05, 0) is 18.2 Å². The second-order valence-corrected chi connectivity index (χ2v) is 5.26. The lowest BCUT2D eigenvalue weighted by Gasteiger charge is -2.18. The SMILES string of the molecule is O=C(Nc1ccc(F)c(Cl)c1)c1cc2c(cc1[N+](=O)[O-])OCCO2. The Bertz CT molecular complexity index is 843. The maximum atomic E-state index is 13.2. The van der Waals surface area contributed by atoms with E-state index in [1.807, 2.05) is 0 Å². The highest BCUT2D eigenvalue weighted by atomic mass is 35.5. The number of carbonyl (C=O) groups excluding carboxylic acids is 1. The first kappa shape index (κ1) is 16.0. The van der Waals surface area contributed by atoms with Crippen molar-refractivity contribution in [3.05, 3.63) is 56.8 Å². The average molecular weight is 353 g/mol. The highest BCUT2D eigenvalue weighted by Crippen LogP contribution is 2.37. The van der Waals surface area contributed by atoms with Crippen molar-refractivity contribution in [3.63, 3.8) is 0 Å². The molecule has 0 saturated carbocycles. The zero-order valence-electron chi connectivity index (χ0n) is 12.0. The summed E-state index contributed by atoms with van der Waals surface area (Å²) < 4.78 is 23.8. The van der Waals surface area contributed by atoms with E-state index in [0.29, 0.717) is 0 Å². The van der Waals surface area contributed by atoms with Crippen LogP contribution >= 0.6 is 11.6 Å². The first-order chi connectivity index (χ1) is 11.5. The third-order valence-electron chi connectivity index (χ3n) is 3.28. The number of anilines is 1. The van der Waals surface area contributed by atoms with Crippen LogP contribution in [0.4, 0.5) is 15.8 Å². The van der Waals surface area contributed by atoms with Crippen LogP contribution < -0.4 is 14.8 Å². The highest BCUT2D eigenvalue weighted by Gasteiger charge is 2.26. The highest BCUT2D eigenvalue weighted by molar-refractivity contribution is 6.31. The maximum absolute atomic E-state index is 13.2. The smallest absolute Gasteiger partial charge is 0.286 e. The fourth-order valence-corrected chi connectivity index (χ4v) is 2.36. The summed E-state index contributed by atoms with van der Waals surface area (Å²) in [5.41, 5.74) is -0.426. The van der Waals surface area contributed by atoms with Gasteiger partial charge in [-0.2, -0.15) is 0 Å². The molecule has 0 spiro atoms. The second kappa shape index (κ2) is 6.32. The van der Waals surface area contributed by atoms with Crippen LogP contribution in [-0.4, -0.2) is 24.0 Å². The molecule has 124 valence electrons. The van der Waals surface area contributed by atoms with Gasteiger partial charge in [0.15, 0.2) is 11.5 Å². The zero-order chi connectivity index (χ0) is 17.3. The predicted octanol–water partition coefficient (Wildman–Crippen LogP) is 3.41. The molecular weight excluding hydrogens is 343 g/mol. The van der Waals surface area contributed by atoms with Crippen LogP contribution in [0.2, 0.25) is 5.02 Å². The molecule has 0 saturated heterocycles. The van der Waals surface area contributed by atoms with Crippen molar-refractivity contribution in [2.24, 2.45) is 0 Å². The summed E-state index contributed by atoms with van der Waals surface area (Å²) in [5.74, 6) is -0.940. The van der Waals surface area contributed by atoms with E-state index < -0.39 is 22.3 Å². The van der Waals surface area contributed by atoms with E-state index in [2.05, 4.69) is 5.32 Å². The molecule has 24 heavy (non-hydrogen) atoms. The Hall–Kier alpha value is -2.87. The molecule has 1 aliphatic heterocycles. The van der Waals surface area contributed by atoms with Gasteiger partial charge in [-0.25, -0.2) is 4.39 Å². The molecule has 7 nitrogen and oxygen atoms in total. The molecule has 1 amide bonds. The lowest BCUT2D eigenvalue weighted by atomic mass is 10.1. The molecule has 3 rings (SSSR count). The molecule has 2 aromatic carbocycles. The Morgan fingerprint density at radius 2 is 1.88 bits per heavy atom. The molecule has 1 N–H and O–H groups in total. The lowest BCUT2D eigenvalue weighted by Crippen LogP contribution is -2.18. The van der Waals surface area contributed by atoms with Crippen molar-refractivity contribution in [2.75, 3.05) is 18.5 Å². The molecule has 0 fully saturated rings. The zero-order valence-corrected chi connectivity index (χ0v) is 12.8. The summed E-state index contributed by atoms with van der Waals surface area (Å²) in [6.07, 6.45) is 0. The van der Waals surface area contributed by atoms with Gasteiger partial charge in [0.05, 0.1) is 16.0 Å². The van der Waals surface area contributed by atoms with Gasteiger partial charge in [0.25, 0.3) is 11.6 Å². The van der Waals surface area contributed by atoms with Crippen molar-refractivity contribution in [1.29, 1.82) is 0 Å². The van der Waals surface area contributed by atoms with Crippen LogP contribution in [-0.2, 0) is 0 Å². The normalized spacial score (nSPS) is 12.6. The minimum absolute atomic E-state index is 0.176. The molecule has 9 heteroatoms. The molecule has 0 unspecified atom stereocenters. The van der Waals surface area contributed by atoms with Crippen LogP contribution in [0.3, 0.4) is 0 Å². The van der Waals surface area contributed by atoms with Crippen molar-refractivity contribution in [2.45, 2.75) is 0 Å². The summed E-state index contributed by atoms with van der Waals surface area (Å²) in [6.45, 7) is 0.545. The number of hydrogen-bond donors (Lipinski definition) is 1. The van der Waals surface area contributed by atoms with Crippen molar-refractivity contribution < 1.29 is 23.6 Å². The van der Waals surface area contributed by atoms with Crippen LogP contribution in [0, 0.1) is 15.9 Å². The predicted molar refractivity (Wildman–Crippen MR) is 83.4 cm³/mol. The number of hydrogen-bond acceptors (Lipinski definition) is 5. The van der Waals surface area contributed by atoms with Crippen molar-refractivity contribution in [1.82, 2.24) is 0 Å². The average Bonchev–Trinajstić information content (AvgIpc) is 2.57. The summed E-state index contributed by atoms with van der Waals surface area (Å²) in [7, 11) is 0. The minimum Gasteiger partial charge on any atom is -0.486 e. The third kappa shape index (κ3) is 3.09. The van der Waals surface area contributed by atoms with Crippen LogP contribution in [0.1, 0.15) is 10.4 Å². The minimum atomic E-state index is -0.749. The largest absolute Gasteiger partial charge is 0.486 e. The van der Waals surface area contributed by atoms with Gasteiger partial charge in [-0.1, -0.05) is 11.6 Å². The molecule has 0 radical (unpaired) electrons. The Morgan fingerprint density at radius 1 is 1.21 bits per heavy atom. The first-order valence-corrected chi connectivity index (χ1v) is 7.18. The molecule has 1 heterocycles. The second-order valence-electron chi connectivity index (χ2n) is 4.85. The van der Waals surface area contributed by atoms with Crippen LogP contribution in [0.5, 0.6) is 11.5 Å². The summed E-state index contributed by atoms with van der Waals surface area (Å²) >= 11 is 5.65. The van der Waals surface area contributed by atoms with Gasteiger partial charge in [-0.15, -0.1) is 0 Å². The number of nitro benzene ring substituents is 1. The number of amides is 1. The van der Waals surface area contributed by atoms with Gasteiger partial charge in [0, 0.05) is 11.8 Å². The Morgan fingerprint density at radius 3 is 2.50 bits per heavy atom. The summed E-state index contributed by atoms with van der Waals surface area (Å²) in [6, 6.07) is 5.96. The number of fused-ring (bicyclic) bond motifs is 1. The number of nitro groups is 1. The summed E-state index contributed by atoms with van der Waals surface area (Å²) in [4.78, 5) is 22.9. The van der Waals surface area contributed by atoms with E-state index in [-0.39, 0.29) is 41.0 Å². The molecule has 0 aliphatic carbocycles. The van der Waals surface area contributed by atoms with Crippen molar-refractivity contribution in [3.8, 4) is 11.5 Å². The Labute approximate surface area is 140 Å². The number of carbonyl (C=O) groups is 1. The number of nitrogens with one attached hydrogen (secondary N) is 1. The maximum Gasteiger partial charge on any atom is 0.286 e. The molecule has 0 bridgehead atoms. The number of ether oxygens (including phenoxy) is 2. The van der Waals surface area contributed by atoms with E-state index in [0.717, 1.165) is 12.1 Å². The Kier molecular flexibility index (Phi) is 4.22. The molecule has 1 aliphatic rings. The number of benzene rings is 2. The standard InChI is InChI=1S/C15H10ClFN2O5/c16-10-5-8(1-2-11(10)17)18-15(20)9-6-13-14(24-4-3-23-13)7-12(9)19(21)22/h1-2,5-7H,3-4H2,(H,18,20). The Balaban J connectivity index is 1.96. The van der Waals surface area contributed by atoms with Gasteiger partial charge in [0.2, 0.25) is 0 Å². The van der Waals surface area contributed by atoms with Gasteiger partial charge < -0.3 is 14.8 Å².